The maximum absolute atomic E-state index is 13.7. The zero-order chi connectivity index (χ0) is 14.9. The number of hydrogen-bond acceptors (Lipinski definition) is 2. The number of para-hydroxylation sites is 1. The van der Waals surface area contributed by atoms with E-state index in [1.165, 1.54) is 31.3 Å². The minimum absolute atomic E-state index is 0.00752. The summed E-state index contributed by atoms with van der Waals surface area (Å²) in [5.41, 5.74) is 0.434. The summed E-state index contributed by atoms with van der Waals surface area (Å²) in [6, 6.07) is 10.3. The van der Waals surface area contributed by atoms with Gasteiger partial charge >= 0.3 is 0 Å². The molecule has 0 amide bonds. The predicted octanol–water partition coefficient (Wildman–Crippen LogP) is 3.61. The van der Waals surface area contributed by atoms with Crippen LogP contribution >= 0.6 is 11.6 Å². The fourth-order valence-corrected chi connectivity index (χ4v) is 3.53. The molecule has 20 heavy (non-hydrogen) atoms. The van der Waals surface area contributed by atoms with Gasteiger partial charge in [-0.05, 0) is 36.8 Å². The second-order valence-electron chi connectivity index (χ2n) is 4.29. The van der Waals surface area contributed by atoms with Crippen molar-refractivity contribution in [2.45, 2.75) is 11.8 Å². The van der Waals surface area contributed by atoms with Crippen molar-refractivity contribution in [2.24, 2.45) is 0 Å². The first-order valence-electron chi connectivity index (χ1n) is 5.84. The highest BCUT2D eigenvalue weighted by Gasteiger charge is 2.25. The molecule has 3 nitrogen and oxygen atoms in total. The molecule has 0 atom stereocenters. The van der Waals surface area contributed by atoms with Crippen LogP contribution in [0.3, 0.4) is 0 Å². The molecule has 2 aromatic carbocycles. The lowest BCUT2D eigenvalue weighted by atomic mass is 10.2. The Morgan fingerprint density at radius 3 is 2.40 bits per heavy atom. The van der Waals surface area contributed by atoms with E-state index in [-0.39, 0.29) is 10.6 Å². The summed E-state index contributed by atoms with van der Waals surface area (Å²) >= 11 is 5.94. The van der Waals surface area contributed by atoms with Gasteiger partial charge in [-0.1, -0.05) is 29.8 Å². The lowest BCUT2D eigenvalue weighted by Gasteiger charge is -2.21. The predicted molar refractivity (Wildman–Crippen MR) is 78.2 cm³/mol. The summed E-state index contributed by atoms with van der Waals surface area (Å²) in [7, 11) is -2.55. The molecule has 0 spiro atoms. The Kier molecular flexibility index (Phi) is 4.01. The van der Waals surface area contributed by atoms with Crippen LogP contribution in [0.2, 0.25) is 5.02 Å². The van der Waals surface area contributed by atoms with E-state index in [1.54, 1.807) is 25.1 Å². The number of sulfonamides is 1. The molecule has 0 aliphatic carbocycles. The average Bonchev–Trinajstić information content (AvgIpc) is 2.41. The number of hydrogen-bond donors (Lipinski definition) is 0. The number of rotatable bonds is 3. The van der Waals surface area contributed by atoms with E-state index in [0.717, 1.165) is 4.31 Å². The van der Waals surface area contributed by atoms with Crippen molar-refractivity contribution in [1.29, 1.82) is 0 Å². The van der Waals surface area contributed by atoms with Crippen LogP contribution < -0.4 is 4.31 Å². The largest absolute Gasteiger partial charge is 0.266 e. The quantitative estimate of drug-likeness (QED) is 0.868. The van der Waals surface area contributed by atoms with Crippen LogP contribution in [0.5, 0.6) is 0 Å². The highest BCUT2D eigenvalue weighted by atomic mass is 35.5. The van der Waals surface area contributed by atoms with Crippen LogP contribution in [-0.4, -0.2) is 15.5 Å². The van der Waals surface area contributed by atoms with Crippen molar-refractivity contribution in [1.82, 2.24) is 0 Å². The fraction of sp³-hybridized carbons (Fsp3) is 0.143. The van der Waals surface area contributed by atoms with Gasteiger partial charge < -0.3 is 0 Å². The third-order valence-electron chi connectivity index (χ3n) is 3.05. The van der Waals surface area contributed by atoms with Crippen molar-refractivity contribution in [3.8, 4) is 0 Å². The third-order valence-corrected chi connectivity index (χ3v) is 5.37. The Morgan fingerprint density at radius 2 is 1.75 bits per heavy atom. The van der Waals surface area contributed by atoms with Gasteiger partial charge in [-0.15, -0.1) is 0 Å². The minimum atomic E-state index is -3.86. The first-order valence-corrected chi connectivity index (χ1v) is 7.66. The molecule has 0 fully saturated rings. The molecule has 0 aliphatic rings. The van der Waals surface area contributed by atoms with Crippen LogP contribution in [-0.2, 0) is 10.0 Å². The number of benzene rings is 2. The van der Waals surface area contributed by atoms with E-state index in [2.05, 4.69) is 0 Å². The van der Waals surface area contributed by atoms with Gasteiger partial charge in [0.2, 0.25) is 0 Å². The molecular formula is C14H13ClFNO2S. The van der Waals surface area contributed by atoms with Crippen molar-refractivity contribution in [2.75, 3.05) is 11.4 Å². The topological polar surface area (TPSA) is 37.4 Å². The van der Waals surface area contributed by atoms with Crippen molar-refractivity contribution < 1.29 is 12.8 Å². The van der Waals surface area contributed by atoms with Gasteiger partial charge in [0, 0.05) is 12.1 Å². The maximum atomic E-state index is 13.7. The molecule has 0 aromatic heterocycles. The summed E-state index contributed by atoms with van der Waals surface area (Å²) in [5.74, 6) is -0.599. The molecule has 2 aromatic rings. The Balaban J connectivity index is 2.56. The highest BCUT2D eigenvalue weighted by Crippen LogP contribution is 2.28. The Labute approximate surface area is 122 Å². The Bertz CT molecular complexity index is 747. The van der Waals surface area contributed by atoms with Crippen molar-refractivity contribution in [3.05, 3.63) is 58.9 Å². The molecule has 0 heterocycles. The Morgan fingerprint density at radius 1 is 1.10 bits per heavy atom. The zero-order valence-corrected chi connectivity index (χ0v) is 12.5. The van der Waals surface area contributed by atoms with Crippen LogP contribution in [0, 0.1) is 12.7 Å². The fourth-order valence-electron chi connectivity index (χ4n) is 1.85. The van der Waals surface area contributed by atoms with Gasteiger partial charge in [-0.3, -0.25) is 4.31 Å². The first-order chi connectivity index (χ1) is 9.35. The smallest absolute Gasteiger partial charge is 0.264 e. The number of halogens is 2. The molecule has 0 bridgehead atoms. The van der Waals surface area contributed by atoms with E-state index >= 15 is 0 Å². The summed E-state index contributed by atoms with van der Waals surface area (Å²) in [4.78, 5) is 0.0655. The van der Waals surface area contributed by atoms with Crippen LogP contribution in [0.25, 0.3) is 0 Å². The highest BCUT2D eigenvalue weighted by molar-refractivity contribution is 7.92. The van der Waals surface area contributed by atoms with E-state index < -0.39 is 15.8 Å². The van der Waals surface area contributed by atoms with Crippen LogP contribution in [0.4, 0.5) is 10.1 Å². The maximum Gasteiger partial charge on any atom is 0.264 e. The number of anilines is 1. The summed E-state index contributed by atoms with van der Waals surface area (Å²) < 4.78 is 39.8. The van der Waals surface area contributed by atoms with E-state index in [9.17, 15) is 12.8 Å². The van der Waals surface area contributed by atoms with E-state index in [0.29, 0.717) is 10.6 Å². The first kappa shape index (κ1) is 14.8. The van der Waals surface area contributed by atoms with Gasteiger partial charge in [0.15, 0.2) is 0 Å². The molecule has 106 valence electrons. The molecule has 0 aliphatic heterocycles. The van der Waals surface area contributed by atoms with Crippen LogP contribution in [0.1, 0.15) is 5.56 Å². The van der Waals surface area contributed by atoms with E-state index in [4.69, 9.17) is 11.6 Å². The lowest BCUT2D eigenvalue weighted by molar-refractivity contribution is 0.589. The zero-order valence-electron chi connectivity index (χ0n) is 11.0. The summed E-state index contributed by atoms with van der Waals surface area (Å²) in [6.45, 7) is 1.62. The van der Waals surface area contributed by atoms with Gasteiger partial charge in [-0.25, -0.2) is 12.8 Å². The lowest BCUT2D eigenvalue weighted by Crippen LogP contribution is -2.28. The SMILES string of the molecule is Cc1c(Cl)cccc1S(=O)(=O)N(C)c1ccccc1F. The van der Waals surface area contributed by atoms with Gasteiger partial charge in [0.05, 0.1) is 10.6 Å². The second kappa shape index (κ2) is 5.42. The average molecular weight is 314 g/mol. The van der Waals surface area contributed by atoms with Gasteiger partial charge in [0.1, 0.15) is 5.82 Å². The Hall–Kier alpha value is -1.59. The third kappa shape index (κ3) is 2.51. The second-order valence-corrected chi connectivity index (χ2v) is 6.63. The molecule has 0 radical (unpaired) electrons. The molecule has 0 N–H and O–H groups in total. The minimum Gasteiger partial charge on any atom is -0.266 e. The van der Waals surface area contributed by atoms with Crippen molar-refractivity contribution >= 4 is 27.3 Å². The van der Waals surface area contributed by atoms with E-state index in [1.807, 2.05) is 0 Å². The monoisotopic (exact) mass is 313 g/mol. The van der Waals surface area contributed by atoms with Gasteiger partial charge in [-0.2, -0.15) is 0 Å². The van der Waals surface area contributed by atoms with Crippen LogP contribution in [0.15, 0.2) is 47.4 Å². The summed E-state index contributed by atoms with van der Waals surface area (Å²) in [5, 5.41) is 0.355. The summed E-state index contributed by atoms with van der Waals surface area (Å²) in [6.07, 6.45) is 0. The molecular weight excluding hydrogens is 301 g/mol. The van der Waals surface area contributed by atoms with Gasteiger partial charge in [0.25, 0.3) is 10.0 Å². The number of nitrogens with zero attached hydrogens (tertiary/aromatic N) is 1. The molecule has 0 saturated carbocycles. The van der Waals surface area contributed by atoms with Crippen molar-refractivity contribution in [3.63, 3.8) is 0 Å². The standard InChI is InChI=1S/C14H13ClFNO2S/c1-10-11(15)6-5-9-14(10)20(18,19)17(2)13-8-4-3-7-12(13)16/h3-9H,1-2H3. The molecule has 0 saturated heterocycles. The molecule has 0 unspecified atom stereocenters. The molecule has 2 rings (SSSR count). The molecule has 6 heteroatoms. The normalized spacial score (nSPS) is 11.4.